The predicted octanol–water partition coefficient (Wildman–Crippen LogP) is 4.30. The molecular formula is C35H29F2N5O7S. The largest absolute Gasteiger partial charge is 0.472 e. The maximum absolute atomic E-state index is 15.2. The Hall–Kier alpha value is -5.93. The van der Waals surface area contributed by atoms with E-state index in [4.69, 9.17) is 9.15 Å². The number of pyridine rings is 1. The van der Waals surface area contributed by atoms with E-state index in [0.717, 1.165) is 27.8 Å². The van der Waals surface area contributed by atoms with Crippen LogP contribution in [0.2, 0.25) is 0 Å². The third-order valence-corrected chi connectivity index (χ3v) is 9.53. The number of aryl methyl sites for hydroxylation is 1. The lowest BCUT2D eigenvalue weighted by molar-refractivity contribution is -0.143. The van der Waals surface area contributed by atoms with Gasteiger partial charge < -0.3 is 9.15 Å². The minimum absolute atomic E-state index is 0.0315. The number of rotatable bonds is 11. The quantitative estimate of drug-likeness (QED) is 0.188. The summed E-state index contributed by atoms with van der Waals surface area (Å²) >= 11 is 0. The summed E-state index contributed by atoms with van der Waals surface area (Å²) in [5.74, 6) is -2.79. The van der Waals surface area contributed by atoms with Gasteiger partial charge in [0.25, 0.3) is 15.6 Å². The molecule has 1 atom stereocenters. The van der Waals surface area contributed by atoms with Gasteiger partial charge in [-0.1, -0.05) is 24.3 Å². The number of anilines is 1. The van der Waals surface area contributed by atoms with Gasteiger partial charge in [0.05, 0.1) is 53.0 Å². The zero-order valence-corrected chi connectivity index (χ0v) is 27.4. The van der Waals surface area contributed by atoms with E-state index in [1.54, 1.807) is 42.5 Å². The van der Waals surface area contributed by atoms with Crippen LogP contribution in [0.25, 0.3) is 27.7 Å². The number of methoxy groups -OCH3 is 1. The second-order valence-electron chi connectivity index (χ2n) is 11.3. The normalized spacial score (nSPS) is 12.2. The fourth-order valence-corrected chi connectivity index (χ4v) is 6.49. The van der Waals surface area contributed by atoms with Crippen LogP contribution in [0.15, 0.2) is 117 Å². The zero-order chi connectivity index (χ0) is 35.6. The topological polar surface area (TPSA) is 155 Å². The number of furan rings is 1. The number of nitrogens with one attached hydrogen (secondary N) is 2. The first-order valence-electron chi connectivity index (χ1n) is 15.1. The van der Waals surface area contributed by atoms with E-state index in [1.807, 2.05) is 0 Å². The first-order chi connectivity index (χ1) is 24.0. The van der Waals surface area contributed by atoms with Crippen LogP contribution >= 0.6 is 0 Å². The van der Waals surface area contributed by atoms with Gasteiger partial charge in [0.1, 0.15) is 17.7 Å². The molecule has 3 aromatic heterocycles. The van der Waals surface area contributed by atoms with E-state index in [-0.39, 0.29) is 17.0 Å². The van der Waals surface area contributed by atoms with Crippen molar-refractivity contribution >= 4 is 32.6 Å². The summed E-state index contributed by atoms with van der Waals surface area (Å²) in [6.45, 7) is -0.435. The molecule has 3 heterocycles. The van der Waals surface area contributed by atoms with Crippen LogP contribution < -0.4 is 21.3 Å². The van der Waals surface area contributed by atoms with E-state index < -0.39 is 57.0 Å². The van der Waals surface area contributed by atoms with E-state index in [1.165, 1.54) is 61.8 Å². The predicted molar refractivity (Wildman–Crippen MR) is 180 cm³/mol. The number of ether oxygens (including phenoxy) is 1. The minimum atomic E-state index is -4.18. The molecule has 256 valence electrons. The van der Waals surface area contributed by atoms with Gasteiger partial charge in [-0.3, -0.25) is 29.2 Å². The average Bonchev–Trinajstić information content (AvgIpc) is 3.65. The van der Waals surface area contributed by atoms with E-state index in [2.05, 4.69) is 15.0 Å². The van der Waals surface area contributed by atoms with Gasteiger partial charge in [0.2, 0.25) is 0 Å². The number of carbonyl (C=O) groups excluding carboxylic acids is 1. The van der Waals surface area contributed by atoms with Crippen molar-refractivity contribution in [3.05, 3.63) is 141 Å². The lowest BCUT2D eigenvalue weighted by atomic mass is 10.0. The summed E-state index contributed by atoms with van der Waals surface area (Å²) < 4.78 is 70.6. The van der Waals surface area contributed by atoms with Crippen LogP contribution in [-0.2, 0) is 39.6 Å². The van der Waals surface area contributed by atoms with Crippen molar-refractivity contribution in [3.8, 4) is 16.8 Å². The Morgan fingerprint density at radius 3 is 2.32 bits per heavy atom. The number of esters is 1. The van der Waals surface area contributed by atoms with Gasteiger partial charge in [0.15, 0.2) is 0 Å². The fraction of sp³-hybridized carbons (Fsp3) is 0.143. The Labute approximate surface area is 283 Å². The highest BCUT2D eigenvalue weighted by molar-refractivity contribution is 7.92. The average molecular weight is 702 g/mol. The summed E-state index contributed by atoms with van der Waals surface area (Å²) in [6.07, 6.45) is 5.92. The van der Waals surface area contributed by atoms with Crippen molar-refractivity contribution in [2.24, 2.45) is 7.05 Å². The van der Waals surface area contributed by atoms with E-state index >= 15 is 8.78 Å². The molecule has 0 saturated heterocycles. The first-order valence-corrected chi connectivity index (χ1v) is 16.5. The van der Waals surface area contributed by atoms with Crippen LogP contribution in [0.5, 0.6) is 0 Å². The highest BCUT2D eigenvalue weighted by Gasteiger charge is 2.23. The van der Waals surface area contributed by atoms with Crippen molar-refractivity contribution < 1.29 is 31.1 Å². The Balaban J connectivity index is 1.16. The van der Waals surface area contributed by atoms with Crippen LogP contribution in [-0.4, -0.2) is 41.7 Å². The molecule has 0 unspecified atom stereocenters. The monoisotopic (exact) mass is 701 g/mol. The van der Waals surface area contributed by atoms with Crippen LogP contribution in [0.1, 0.15) is 11.1 Å². The summed E-state index contributed by atoms with van der Waals surface area (Å²) in [5, 5.41) is 3.11. The molecule has 3 aromatic carbocycles. The molecule has 6 rings (SSSR count). The molecule has 0 radical (unpaired) electrons. The number of carbonyl (C=O) groups is 1. The second kappa shape index (κ2) is 13.9. The second-order valence-corrected chi connectivity index (χ2v) is 12.9. The molecule has 6 aromatic rings. The van der Waals surface area contributed by atoms with E-state index in [0.29, 0.717) is 22.2 Å². The van der Waals surface area contributed by atoms with Gasteiger partial charge in [0, 0.05) is 30.9 Å². The standard InChI is InChI=1S/C35H29F2N5O7S/c1-41-32-19-38-13-11-27(32)33(43)42(35(41)45)25-7-3-21(4-8-25)15-31(34(44)48-2)39-18-28-29(36)16-24(17-30(28)37)40-50(46,47)26-9-5-22(6-10-26)23-12-14-49-20-23/h3-14,16-17,19-20,31,39-40H,15,18H2,1-2H3/t31-/m0/s1. The van der Waals surface area contributed by atoms with Crippen LogP contribution in [0.4, 0.5) is 14.5 Å². The number of halogens is 2. The lowest BCUT2D eigenvalue weighted by Crippen LogP contribution is -2.39. The van der Waals surface area contributed by atoms with Crippen molar-refractivity contribution in [1.29, 1.82) is 0 Å². The van der Waals surface area contributed by atoms with Crippen LogP contribution in [0.3, 0.4) is 0 Å². The highest BCUT2D eigenvalue weighted by atomic mass is 32.2. The van der Waals surface area contributed by atoms with Crippen molar-refractivity contribution in [2.75, 3.05) is 11.8 Å². The molecule has 50 heavy (non-hydrogen) atoms. The van der Waals surface area contributed by atoms with Crippen molar-refractivity contribution in [1.82, 2.24) is 19.4 Å². The minimum Gasteiger partial charge on any atom is -0.472 e. The number of aromatic nitrogens is 3. The first kappa shape index (κ1) is 34.0. The highest BCUT2D eigenvalue weighted by Crippen LogP contribution is 2.25. The number of hydrogen-bond acceptors (Lipinski definition) is 9. The van der Waals surface area contributed by atoms with Gasteiger partial charge in [-0.15, -0.1) is 0 Å². The lowest BCUT2D eigenvalue weighted by Gasteiger charge is -2.18. The molecule has 15 heteroatoms. The zero-order valence-electron chi connectivity index (χ0n) is 26.6. The van der Waals surface area contributed by atoms with Gasteiger partial charge in [-0.05, 0) is 66.1 Å². The Morgan fingerprint density at radius 1 is 0.980 bits per heavy atom. The molecule has 2 N–H and O–H groups in total. The summed E-state index contributed by atoms with van der Waals surface area (Å²) in [7, 11) is -1.48. The third kappa shape index (κ3) is 6.81. The fourth-order valence-electron chi connectivity index (χ4n) is 5.45. The van der Waals surface area contributed by atoms with Gasteiger partial charge in [-0.2, -0.15) is 0 Å². The third-order valence-electron chi connectivity index (χ3n) is 8.13. The number of fused-ring (bicyclic) bond motifs is 1. The molecular weight excluding hydrogens is 672 g/mol. The van der Waals surface area contributed by atoms with Crippen molar-refractivity contribution in [3.63, 3.8) is 0 Å². The van der Waals surface area contributed by atoms with Crippen molar-refractivity contribution in [2.45, 2.75) is 23.9 Å². The molecule has 12 nitrogen and oxygen atoms in total. The van der Waals surface area contributed by atoms with Gasteiger partial charge in [-0.25, -0.2) is 26.6 Å². The maximum atomic E-state index is 15.2. The maximum Gasteiger partial charge on any atom is 0.335 e. The molecule has 0 spiro atoms. The summed E-state index contributed by atoms with van der Waals surface area (Å²) in [4.78, 5) is 42.6. The van der Waals surface area contributed by atoms with E-state index in [9.17, 15) is 22.8 Å². The summed E-state index contributed by atoms with van der Waals surface area (Å²) in [5.41, 5.74) is 0.908. The molecule has 0 aliphatic rings. The SMILES string of the molecule is COC(=O)[C@H](Cc1ccc(-n2c(=O)c3ccncc3n(C)c2=O)cc1)NCc1c(F)cc(NS(=O)(=O)c2ccc(-c3ccoc3)cc2)cc1F. The Kier molecular flexibility index (Phi) is 9.43. The number of hydrogen-bond donors (Lipinski definition) is 2. The van der Waals surface area contributed by atoms with Crippen LogP contribution in [0, 0.1) is 11.6 Å². The van der Waals surface area contributed by atoms with Gasteiger partial charge >= 0.3 is 11.7 Å². The molecule has 0 aliphatic carbocycles. The molecule has 0 bridgehead atoms. The Bertz CT molecular complexity index is 2410. The number of sulfonamides is 1. The molecule has 0 aliphatic heterocycles. The summed E-state index contributed by atoms with van der Waals surface area (Å²) in [6, 6.07) is 16.1. The molecule has 0 saturated carbocycles. The number of nitrogens with zero attached hydrogens (tertiary/aromatic N) is 3. The Morgan fingerprint density at radius 2 is 1.68 bits per heavy atom. The molecule has 0 amide bonds. The number of benzene rings is 3. The molecule has 0 fully saturated rings. The smallest absolute Gasteiger partial charge is 0.335 e.